The number of hydrogen-bond acceptors (Lipinski definition) is 22. The van der Waals surface area contributed by atoms with E-state index in [-0.39, 0.29) is 147 Å². The van der Waals surface area contributed by atoms with E-state index in [1.165, 1.54) is 55.1 Å². The zero-order valence-corrected chi connectivity index (χ0v) is 80.6. The Labute approximate surface area is 786 Å². The van der Waals surface area contributed by atoms with Crippen LogP contribution in [-0.2, 0) is 48.2 Å². The number of carbonyl (C=O) groups excluding carboxylic acids is 6. The van der Waals surface area contributed by atoms with Crippen molar-refractivity contribution in [1.82, 2.24) is 19.8 Å². The van der Waals surface area contributed by atoms with Crippen LogP contribution in [0.15, 0.2) is 227 Å². The third-order valence-electron chi connectivity index (χ3n) is 26.4. The molecule has 688 valence electrons. The van der Waals surface area contributed by atoms with Gasteiger partial charge in [-0.25, -0.2) is 19.6 Å². The predicted molar refractivity (Wildman–Crippen MR) is 524 cm³/mol. The highest BCUT2D eigenvalue weighted by molar-refractivity contribution is 6.60. The number of para-hydroxylation sites is 2. The first kappa shape index (κ1) is 90.8. The Balaban J connectivity index is 0.932. The number of furan rings is 2. The van der Waals surface area contributed by atoms with E-state index in [4.69, 9.17) is 63.8 Å². The first-order chi connectivity index (χ1) is 65.4. The number of carbonyl (C=O) groups is 6. The number of rotatable bonds is 30. The van der Waals surface area contributed by atoms with Crippen molar-refractivity contribution in [3.05, 3.63) is 308 Å². The highest BCUT2D eigenvalue weighted by atomic mass is 28.4. The minimum atomic E-state index is -3.34. The molecule has 4 aromatic heterocycles. The molecule has 136 heavy (non-hydrogen) atoms. The molecule has 0 N–H and O–H groups in total. The molecule has 2 atom stereocenters. The maximum atomic E-state index is 17.5. The molecule has 2 unspecified atom stereocenters. The molecule has 0 bridgehead atoms. The van der Waals surface area contributed by atoms with Gasteiger partial charge in [0.1, 0.15) is 68.3 Å². The molecule has 13 aromatic carbocycles. The zero-order chi connectivity index (χ0) is 95.5. The number of ether oxygens (including phenoxy) is 6. The summed E-state index contributed by atoms with van der Waals surface area (Å²) >= 11 is 0. The van der Waals surface area contributed by atoms with E-state index in [2.05, 4.69) is 65.4 Å². The molecule has 24 nitrogen and oxygen atoms in total. The van der Waals surface area contributed by atoms with Crippen LogP contribution in [0, 0.1) is 27.7 Å². The summed E-state index contributed by atoms with van der Waals surface area (Å²) < 4.78 is 91.7. The number of nitrogens with zero attached hydrogens (tertiary/aromatic N) is 4. The molecule has 0 saturated heterocycles. The van der Waals surface area contributed by atoms with E-state index < -0.39 is 65.3 Å². The largest absolute Gasteiger partial charge is 0.504 e. The molecule has 0 fully saturated rings. The number of esters is 2. The van der Waals surface area contributed by atoms with Crippen molar-refractivity contribution in [1.29, 1.82) is 0 Å². The number of pyridine rings is 2. The predicted octanol–water partition coefficient (Wildman–Crippen LogP) is 25.0. The Morgan fingerprint density at radius 1 is 0.309 bits per heavy atom. The highest BCUT2D eigenvalue weighted by Crippen LogP contribution is 2.60. The van der Waals surface area contributed by atoms with Crippen LogP contribution in [0.25, 0.3) is 87.0 Å². The van der Waals surface area contributed by atoms with Gasteiger partial charge in [-0.05, 0) is 203 Å². The fourth-order valence-electron chi connectivity index (χ4n) is 19.0. The first-order valence-electron chi connectivity index (χ1n) is 45.2. The van der Waals surface area contributed by atoms with Gasteiger partial charge in [0.15, 0.2) is 12.1 Å². The van der Waals surface area contributed by atoms with Crippen molar-refractivity contribution in [3.8, 4) is 57.8 Å². The van der Waals surface area contributed by atoms with E-state index in [1.807, 2.05) is 149 Å². The molecule has 0 saturated carbocycles. The Morgan fingerprint density at radius 2 is 0.588 bits per heavy atom. The van der Waals surface area contributed by atoms with Crippen LogP contribution in [-0.4, -0.2) is 116 Å². The van der Waals surface area contributed by atoms with E-state index >= 15 is 28.8 Å². The molecule has 17 aromatic rings. The lowest BCUT2D eigenvalue weighted by Crippen LogP contribution is -2.47. The first-order valence-corrected chi connectivity index (χ1v) is 49.0. The number of imide groups is 2. The fraction of sp³-hybridized carbons (Fsp3) is 0.236. The fourth-order valence-corrected chi connectivity index (χ4v) is 22.3. The zero-order valence-electron chi connectivity index (χ0n) is 78.6. The second-order valence-electron chi connectivity index (χ2n) is 36.1. The third-order valence-corrected chi connectivity index (χ3v) is 31.8. The normalized spacial score (nSPS) is 13.6. The summed E-state index contributed by atoms with van der Waals surface area (Å²) in [6, 6.07) is 57.7. The van der Waals surface area contributed by atoms with Crippen molar-refractivity contribution in [2.45, 2.75) is 131 Å². The van der Waals surface area contributed by atoms with Crippen molar-refractivity contribution in [2.75, 3.05) is 42.7 Å². The molecule has 4 amide bonds. The number of fused-ring (bicyclic) bond motifs is 8. The van der Waals surface area contributed by atoms with E-state index in [0.717, 1.165) is 42.8 Å². The van der Waals surface area contributed by atoms with E-state index in [9.17, 15) is 0 Å². The lowest BCUT2D eigenvalue weighted by Gasteiger charge is -2.35. The molecule has 0 spiro atoms. The number of aromatic nitrogens is 2. The van der Waals surface area contributed by atoms with E-state index in [0.29, 0.717) is 89.5 Å². The number of amides is 4. The molecule has 6 heterocycles. The average molecular weight is 1850 g/mol. The van der Waals surface area contributed by atoms with Gasteiger partial charge in [0.2, 0.25) is 11.8 Å². The standard InChI is InChI=1S/C110H100N4O20Si2/c1-57(2)67-29-35-81(61(9)43-67)127-89-51-77-95-78(106(116)113(105(77)115)103(71-27-33-75-73-23-19-21-25-85(73)131-87(75)49-71)109(119)133-93-47-65(39-41-111-93)55-135(121-13,122-14)123-15)53-91(129-83-37-31-69(59(5)6)45-63(83)11)99-100-92(130-84-38-32-70(60(7)8)46-64(84)12)54-80-96-79(52-90(98(102(96)100)97(89)101(95)99)128-82-36-30-68(58(3)4)44-62(82)10)107(117)114(108(80)118)104(72-28-34-76-74-24-20-22-26-86(74)132-88(76)50-72)110(120)134-94-48-66(40-42-112-94)56-136(124-16,125-17)126-18/h19-54,57-60,103-104H,55-56H2,1-18H3. The van der Waals surface area contributed by atoms with Gasteiger partial charge < -0.3 is 63.8 Å². The molecule has 0 aliphatic carbocycles. The molecule has 2 aliphatic heterocycles. The maximum absolute atomic E-state index is 17.5. The van der Waals surface area contributed by atoms with Gasteiger partial charge >= 0.3 is 29.5 Å². The van der Waals surface area contributed by atoms with Crippen LogP contribution >= 0.6 is 0 Å². The molecular weight excluding hydrogens is 1750 g/mol. The van der Waals surface area contributed by atoms with Gasteiger partial charge in [0.25, 0.3) is 23.6 Å². The molecule has 2 aliphatic rings. The average Bonchev–Trinajstić information content (AvgIpc) is 0.745. The third kappa shape index (κ3) is 15.9. The van der Waals surface area contributed by atoms with Gasteiger partial charge in [-0.15, -0.1) is 0 Å². The Kier molecular flexibility index (Phi) is 23.9. The smallest absolute Gasteiger partial charge is 0.456 e. The molecule has 0 radical (unpaired) electrons. The summed E-state index contributed by atoms with van der Waals surface area (Å²) in [6.07, 6.45) is 2.91. The van der Waals surface area contributed by atoms with Gasteiger partial charge in [-0.1, -0.05) is 165 Å². The molecule has 26 heteroatoms. The van der Waals surface area contributed by atoms with Crippen molar-refractivity contribution in [2.24, 2.45) is 0 Å². The van der Waals surface area contributed by atoms with Crippen LogP contribution in [0.4, 0.5) is 0 Å². The van der Waals surface area contributed by atoms with Crippen molar-refractivity contribution >= 4 is 140 Å². The summed E-state index contributed by atoms with van der Waals surface area (Å²) in [7, 11) is 2.25. The summed E-state index contributed by atoms with van der Waals surface area (Å²) in [5.41, 5.74) is 9.38. The lowest BCUT2D eigenvalue weighted by atomic mass is 9.80. The maximum Gasteiger partial charge on any atom is 0.504 e. The quantitative estimate of drug-likeness (QED) is 0.0133. The minimum Gasteiger partial charge on any atom is -0.456 e. The number of aryl methyl sites for hydroxylation is 4. The summed E-state index contributed by atoms with van der Waals surface area (Å²) in [4.78, 5) is 114. The van der Waals surface area contributed by atoms with Crippen molar-refractivity contribution in [3.63, 3.8) is 0 Å². The van der Waals surface area contributed by atoms with Crippen LogP contribution in [0.1, 0.15) is 199 Å². The van der Waals surface area contributed by atoms with Crippen molar-refractivity contribution < 1.29 is 92.6 Å². The number of hydrogen-bond donors (Lipinski definition) is 0. The Bertz CT molecular complexity index is 7080. The monoisotopic (exact) mass is 1850 g/mol. The second kappa shape index (κ2) is 35.8. The summed E-state index contributed by atoms with van der Waals surface area (Å²) in [6.45, 7) is 24.4. The SMILES string of the molecule is CO[Si](Cc1ccnc(OC(=O)C(c2ccc3c(c2)oc2ccccc23)N2C(=O)c3cc(Oc4ccc(C(C)C)cc4C)c4c5c(Oc6ccc(C(C)C)cc6C)cc6c7c(cc(Oc8ccc(C(C)C)cc8C)c(c8c(Oc9ccc(C(C)C)cc9C)cc(c3c48)C2=O)c75)C(=O)N(C(C(=O)Oc2cc(C[Si](OC)(OC)OC)ccn2)c2ccc3c(c2)oc2ccccc23)C6=O)c1)(OC)OC. The summed E-state index contributed by atoms with van der Waals surface area (Å²) in [5.74, 6) is -4.77. The van der Waals surface area contributed by atoms with E-state index in [1.54, 1.807) is 84.9 Å². The van der Waals surface area contributed by atoms with Gasteiger partial charge in [0, 0.05) is 144 Å². The number of benzene rings is 13. The van der Waals surface area contributed by atoms with Gasteiger partial charge in [-0.3, -0.25) is 29.0 Å². The second-order valence-corrected chi connectivity index (χ2v) is 42.0. The Hall–Kier alpha value is -14.3. The van der Waals surface area contributed by atoms with Gasteiger partial charge in [-0.2, -0.15) is 0 Å². The molecule has 19 rings (SSSR count). The topological polar surface area (TPSA) is 272 Å². The molecular formula is C110H100N4O20Si2. The van der Waals surface area contributed by atoms with Gasteiger partial charge in [0.05, 0.1) is 22.3 Å². The minimum absolute atomic E-state index is 0.000852. The van der Waals surface area contributed by atoms with Crippen LogP contribution in [0.2, 0.25) is 0 Å². The lowest BCUT2D eigenvalue weighted by molar-refractivity contribution is -0.140. The Morgan fingerprint density at radius 3 is 0.868 bits per heavy atom. The summed E-state index contributed by atoms with van der Waals surface area (Å²) in [5, 5.41) is 4.29. The highest BCUT2D eigenvalue weighted by Gasteiger charge is 2.50. The van der Waals surface area contributed by atoms with Crippen LogP contribution in [0.3, 0.4) is 0 Å². The van der Waals surface area contributed by atoms with Crippen LogP contribution < -0.4 is 28.4 Å². The van der Waals surface area contributed by atoms with Crippen LogP contribution in [0.5, 0.6) is 57.8 Å².